The lowest BCUT2D eigenvalue weighted by atomic mass is 10.2. The third-order valence-electron chi connectivity index (χ3n) is 2.42. The fourth-order valence-corrected chi connectivity index (χ4v) is 1.85. The molecule has 1 aromatic carbocycles. The average molecular weight is 264 g/mol. The summed E-state index contributed by atoms with van der Waals surface area (Å²) in [5.41, 5.74) is 1.39. The molecule has 3 aromatic rings. The molecule has 90 valence electrons. The van der Waals surface area contributed by atoms with Gasteiger partial charge in [0.15, 0.2) is 10.7 Å². The molecule has 3 rings (SSSR count). The molecule has 0 saturated carbocycles. The van der Waals surface area contributed by atoms with E-state index in [9.17, 15) is 4.39 Å². The van der Waals surface area contributed by atoms with Crippen LogP contribution in [0.1, 0.15) is 5.82 Å². The van der Waals surface area contributed by atoms with Crippen molar-refractivity contribution in [2.75, 3.05) is 0 Å². The van der Waals surface area contributed by atoms with Crippen LogP contribution in [0.25, 0.3) is 22.7 Å². The van der Waals surface area contributed by atoms with Gasteiger partial charge in [-0.1, -0.05) is 11.6 Å². The Balaban J connectivity index is 2.19. The van der Waals surface area contributed by atoms with E-state index in [1.807, 2.05) is 0 Å². The number of hydrogen-bond acceptors (Lipinski definition) is 4. The summed E-state index contributed by atoms with van der Waals surface area (Å²) in [5, 5.41) is 0.245. The Kier molecular flexibility index (Phi) is 2.48. The molecule has 4 nitrogen and oxygen atoms in total. The van der Waals surface area contributed by atoms with E-state index in [0.29, 0.717) is 28.5 Å². The molecule has 0 unspecified atom stereocenters. The summed E-state index contributed by atoms with van der Waals surface area (Å²) in [6.07, 6.45) is 0. The number of oxazole rings is 1. The average Bonchev–Trinajstić information content (AvgIpc) is 2.74. The van der Waals surface area contributed by atoms with E-state index in [-0.39, 0.29) is 11.0 Å². The van der Waals surface area contributed by atoms with E-state index in [0.717, 1.165) is 0 Å². The molecule has 0 bridgehead atoms. The predicted octanol–water partition coefficient (Wildman–Crippen LogP) is 3.39. The van der Waals surface area contributed by atoms with Crippen molar-refractivity contribution in [2.24, 2.45) is 0 Å². The first-order valence-electron chi connectivity index (χ1n) is 5.20. The zero-order valence-corrected chi connectivity index (χ0v) is 10.1. The van der Waals surface area contributed by atoms with Crippen molar-refractivity contribution in [2.45, 2.75) is 6.92 Å². The number of fused-ring (bicyclic) bond motifs is 1. The van der Waals surface area contributed by atoms with Crippen molar-refractivity contribution in [3.05, 3.63) is 41.1 Å². The number of halogens is 2. The Morgan fingerprint density at radius 1 is 1.11 bits per heavy atom. The fourth-order valence-electron chi connectivity index (χ4n) is 1.61. The van der Waals surface area contributed by atoms with Gasteiger partial charge in [0.1, 0.15) is 11.6 Å². The second kappa shape index (κ2) is 4.03. The molecular weight excluding hydrogens is 257 g/mol. The lowest BCUT2D eigenvalue weighted by Crippen LogP contribution is -1.87. The molecule has 0 aliphatic carbocycles. The van der Waals surface area contributed by atoms with Crippen LogP contribution in [-0.4, -0.2) is 15.0 Å². The minimum atomic E-state index is -0.316. The van der Waals surface area contributed by atoms with Gasteiger partial charge in [-0.15, -0.1) is 0 Å². The molecule has 2 heterocycles. The maximum absolute atomic E-state index is 12.8. The van der Waals surface area contributed by atoms with Crippen molar-refractivity contribution in [3.63, 3.8) is 0 Å². The number of aryl methyl sites for hydroxylation is 1. The fraction of sp³-hybridized carbons (Fsp3) is 0.0833. The van der Waals surface area contributed by atoms with Gasteiger partial charge in [0, 0.05) is 5.56 Å². The predicted molar refractivity (Wildman–Crippen MR) is 64.7 cm³/mol. The van der Waals surface area contributed by atoms with Crippen LogP contribution in [0.2, 0.25) is 5.15 Å². The standard InChI is InChI=1S/C12H7ClFN3O/c1-6-15-10(13)9-12(16-6)18-11(17-9)7-2-4-8(14)5-3-7/h2-5H,1H3. The van der Waals surface area contributed by atoms with Crippen LogP contribution in [0, 0.1) is 12.7 Å². The number of nitrogens with zero attached hydrogens (tertiary/aromatic N) is 3. The Morgan fingerprint density at radius 2 is 1.83 bits per heavy atom. The van der Waals surface area contributed by atoms with Crippen molar-refractivity contribution in [1.82, 2.24) is 15.0 Å². The first-order chi connectivity index (χ1) is 8.63. The van der Waals surface area contributed by atoms with E-state index in [1.54, 1.807) is 19.1 Å². The van der Waals surface area contributed by atoms with E-state index in [4.69, 9.17) is 16.0 Å². The van der Waals surface area contributed by atoms with E-state index < -0.39 is 0 Å². The minimum Gasteiger partial charge on any atom is -0.417 e. The normalized spacial score (nSPS) is 11.1. The Labute approximate surface area is 106 Å². The third kappa shape index (κ3) is 1.82. The quantitative estimate of drug-likeness (QED) is 0.632. The molecule has 0 saturated heterocycles. The first-order valence-corrected chi connectivity index (χ1v) is 5.58. The van der Waals surface area contributed by atoms with E-state index in [1.165, 1.54) is 12.1 Å². The van der Waals surface area contributed by atoms with Crippen molar-refractivity contribution < 1.29 is 8.81 Å². The second-order valence-corrected chi connectivity index (χ2v) is 4.10. The lowest BCUT2D eigenvalue weighted by Gasteiger charge is -1.93. The van der Waals surface area contributed by atoms with Crippen LogP contribution >= 0.6 is 11.6 Å². The van der Waals surface area contributed by atoms with Crippen molar-refractivity contribution in [3.8, 4) is 11.5 Å². The molecular formula is C12H7ClFN3O. The topological polar surface area (TPSA) is 51.8 Å². The van der Waals surface area contributed by atoms with Gasteiger partial charge in [0.2, 0.25) is 5.89 Å². The van der Waals surface area contributed by atoms with Crippen LogP contribution in [0.3, 0.4) is 0 Å². The zero-order valence-electron chi connectivity index (χ0n) is 9.32. The van der Waals surface area contributed by atoms with Crippen LogP contribution in [0.5, 0.6) is 0 Å². The van der Waals surface area contributed by atoms with Gasteiger partial charge >= 0.3 is 0 Å². The highest BCUT2D eigenvalue weighted by Gasteiger charge is 2.13. The molecule has 2 aromatic heterocycles. The highest BCUT2D eigenvalue weighted by molar-refractivity contribution is 6.33. The van der Waals surface area contributed by atoms with E-state index in [2.05, 4.69) is 15.0 Å². The van der Waals surface area contributed by atoms with Crippen LogP contribution < -0.4 is 0 Å². The maximum Gasteiger partial charge on any atom is 0.252 e. The molecule has 0 N–H and O–H groups in total. The molecule has 0 amide bonds. The molecule has 0 aliphatic heterocycles. The maximum atomic E-state index is 12.8. The van der Waals surface area contributed by atoms with Gasteiger partial charge in [0.25, 0.3) is 5.71 Å². The first kappa shape index (κ1) is 11.1. The molecule has 0 spiro atoms. The molecule has 0 fully saturated rings. The smallest absolute Gasteiger partial charge is 0.252 e. The highest BCUT2D eigenvalue weighted by Crippen LogP contribution is 2.26. The number of benzene rings is 1. The Hall–Kier alpha value is -2.01. The number of aromatic nitrogens is 3. The van der Waals surface area contributed by atoms with Gasteiger partial charge in [0.05, 0.1) is 0 Å². The summed E-state index contributed by atoms with van der Waals surface area (Å²) in [4.78, 5) is 12.3. The molecule has 6 heteroatoms. The van der Waals surface area contributed by atoms with Crippen LogP contribution in [-0.2, 0) is 0 Å². The summed E-state index contributed by atoms with van der Waals surface area (Å²) in [6.45, 7) is 1.71. The van der Waals surface area contributed by atoms with E-state index >= 15 is 0 Å². The summed E-state index contributed by atoms with van der Waals surface area (Å²) < 4.78 is 18.3. The highest BCUT2D eigenvalue weighted by atomic mass is 35.5. The SMILES string of the molecule is Cc1nc(Cl)c2nc(-c3ccc(F)cc3)oc2n1. The number of rotatable bonds is 1. The van der Waals surface area contributed by atoms with Crippen LogP contribution in [0.4, 0.5) is 4.39 Å². The lowest BCUT2D eigenvalue weighted by molar-refractivity contribution is 0.604. The summed E-state index contributed by atoms with van der Waals surface area (Å²) in [5.74, 6) is 0.532. The molecule has 0 atom stereocenters. The number of hydrogen-bond donors (Lipinski definition) is 0. The zero-order chi connectivity index (χ0) is 12.7. The minimum absolute atomic E-state index is 0.245. The van der Waals surface area contributed by atoms with Crippen molar-refractivity contribution >= 4 is 22.8 Å². The van der Waals surface area contributed by atoms with Gasteiger partial charge in [-0.3, -0.25) is 0 Å². The summed E-state index contributed by atoms with van der Waals surface area (Å²) in [6, 6.07) is 5.83. The molecule has 0 aliphatic rings. The van der Waals surface area contributed by atoms with Gasteiger partial charge < -0.3 is 4.42 Å². The Bertz CT molecular complexity index is 724. The van der Waals surface area contributed by atoms with Crippen molar-refractivity contribution in [1.29, 1.82) is 0 Å². The van der Waals surface area contributed by atoms with Gasteiger partial charge in [-0.25, -0.2) is 14.4 Å². The molecule has 18 heavy (non-hydrogen) atoms. The largest absolute Gasteiger partial charge is 0.417 e. The van der Waals surface area contributed by atoms with Crippen LogP contribution in [0.15, 0.2) is 28.7 Å². The summed E-state index contributed by atoms with van der Waals surface area (Å²) >= 11 is 5.95. The second-order valence-electron chi connectivity index (χ2n) is 3.74. The third-order valence-corrected chi connectivity index (χ3v) is 2.68. The van der Waals surface area contributed by atoms with Gasteiger partial charge in [-0.2, -0.15) is 4.98 Å². The summed E-state index contributed by atoms with van der Waals surface area (Å²) in [7, 11) is 0. The monoisotopic (exact) mass is 263 g/mol. The molecule has 0 radical (unpaired) electrons. The Morgan fingerprint density at radius 3 is 2.56 bits per heavy atom. The van der Waals surface area contributed by atoms with Gasteiger partial charge in [-0.05, 0) is 31.2 Å².